The third kappa shape index (κ3) is 9.65. The molecule has 2 aromatic rings. The van der Waals surface area contributed by atoms with Gasteiger partial charge in [0, 0.05) is 24.4 Å². The topological polar surface area (TPSA) is 68.7 Å². The van der Waals surface area contributed by atoms with Gasteiger partial charge < -0.3 is 14.6 Å². The summed E-state index contributed by atoms with van der Waals surface area (Å²) in [4.78, 5) is 15.5. The van der Waals surface area contributed by atoms with Crippen LogP contribution in [0.5, 0.6) is 5.75 Å². The van der Waals surface area contributed by atoms with Gasteiger partial charge in [0.15, 0.2) is 0 Å². The Bertz CT molecular complexity index is 820. The molecule has 1 N–H and O–H groups in total. The van der Waals surface area contributed by atoms with E-state index in [4.69, 9.17) is 4.74 Å². The fourth-order valence-electron chi connectivity index (χ4n) is 3.51. The number of nitrogens with zero attached hydrogens (tertiary/aromatic N) is 1. The van der Waals surface area contributed by atoms with Crippen molar-refractivity contribution in [2.45, 2.75) is 77.4 Å². The Labute approximate surface area is 192 Å². The van der Waals surface area contributed by atoms with Gasteiger partial charge in [0.1, 0.15) is 12.4 Å². The molecule has 0 amide bonds. The number of benzene rings is 1. The summed E-state index contributed by atoms with van der Waals surface area (Å²) in [6, 6.07) is 9.65. The van der Waals surface area contributed by atoms with Gasteiger partial charge in [-0.1, -0.05) is 56.9 Å². The lowest BCUT2D eigenvalue weighted by Crippen LogP contribution is -2.04. The van der Waals surface area contributed by atoms with Crippen molar-refractivity contribution in [2.75, 3.05) is 7.11 Å². The second-order valence-electron chi connectivity index (χ2n) is 8.03. The number of unbranched alkanes of at least 4 members (excludes halogenated alkanes) is 5. The molecule has 0 saturated carbocycles. The van der Waals surface area contributed by atoms with Crippen molar-refractivity contribution in [1.29, 1.82) is 0 Å². The number of aromatic nitrogens is 1. The van der Waals surface area contributed by atoms with Gasteiger partial charge in [0.25, 0.3) is 0 Å². The molecule has 1 aromatic carbocycles. The molecule has 0 aliphatic rings. The summed E-state index contributed by atoms with van der Waals surface area (Å²) in [7, 11) is 1.38. The highest BCUT2D eigenvalue weighted by Crippen LogP contribution is 2.28. The quantitative estimate of drug-likeness (QED) is 0.256. The SMILES string of the molecule is CCCCCCC/C=C/c1cc(OCc2cccnc2)ccc1C(O)CCCC(=O)OC. The van der Waals surface area contributed by atoms with E-state index >= 15 is 0 Å². The van der Waals surface area contributed by atoms with E-state index < -0.39 is 6.10 Å². The molecule has 32 heavy (non-hydrogen) atoms. The first-order valence-electron chi connectivity index (χ1n) is 11.7. The van der Waals surface area contributed by atoms with Gasteiger partial charge in [-0.25, -0.2) is 0 Å². The van der Waals surface area contributed by atoms with Crippen molar-refractivity contribution in [3.05, 3.63) is 65.5 Å². The Kier molecular flexibility index (Phi) is 12.2. The number of rotatable bonds is 15. The number of esters is 1. The number of methoxy groups -OCH3 is 1. The molecule has 0 radical (unpaired) electrons. The van der Waals surface area contributed by atoms with Crippen LogP contribution in [0.25, 0.3) is 6.08 Å². The second kappa shape index (κ2) is 15.2. The van der Waals surface area contributed by atoms with E-state index in [1.54, 1.807) is 12.4 Å². The number of aliphatic hydroxyl groups is 1. The normalized spacial score (nSPS) is 12.1. The van der Waals surface area contributed by atoms with Gasteiger partial charge in [0.2, 0.25) is 0 Å². The second-order valence-corrected chi connectivity index (χ2v) is 8.03. The van der Waals surface area contributed by atoms with E-state index in [1.165, 1.54) is 39.2 Å². The van der Waals surface area contributed by atoms with E-state index in [9.17, 15) is 9.90 Å². The highest BCUT2D eigenvalue weighted by atomic mass is 16.5. The minimum Gasteiger partial charge on any atom is -0.489 e. The molecular formula is C27H37NO4. The van der Waals surface area contributed by atoms with E-state index in [2.05, 4.69) is 28.8 Å². The Balaban J connectivity index is 2.03. The molecule has 0 fully saturated rings. The van der Waals surface area contributed by atoms with E-state index in [0.717, 1.165) is 28.9 Å². The zero-order valence-corrected chi connectivity index (χ0v) is 19.5. The van der Waals surface area contributed by atoms with Crippen LogP contribution in [0.2, 0.25) is 0 Å². The number of hydrogen-bond acceptors (Lipinski definition) is 5. The number of hydrogen-bond donors (Lipinski definition) is 1. The average molecular weight is 440 g/mol. The number of pyridine rings is 1. The maximum atomic E-state index is 11.4. The number of ether oxygens (including phenoxy) is 2. The molecule has 0 saturated heterocycles. The smallest absolute Gasteiger partial charge is 0.305 e. The molecule has 1 unspecified atom stereocenters. The lowest BCUT2D eigenvalue weighted by Gasteiger charge is -2.16. The lowest BCUT2D eigenvalue weighted by molar-refractivity contribution is -0.140. The molecule has 174 valence electrons. The Morgan fingerprint density at radius 1 is 1.16 bits per heavy atom. The first kappa shape index (κ1) is 25.6. The summed E-state index contributed by atoms with van der Waals surface area (Å²) in [6.45, 7) is 2.66. The monoisotopic (exact) mass is 439 g/mol. The van der Waals surface area contributed by atoms with Crippen LogP contribution in [0.1, 0.15) is 87.5 Å². The largest absolute Gasteiger partial charge is 0.489 e. The third-order valence-corrected chi connectivity index (χ3v) is 5.40. The highest BCUT2D eigenvalue weighted by molar-refractivity contribution is 5.69. The van der Waals surface area contributed by atoms with Crippen molar-refractivity contribution in [1.82, 2.24) is 4.98 Å². The molecule has 0 aliphatic carbocycles. The standard InChI is InChI=1S/C27H37NO4/c1-3-4-5-6-7-8-9-13-23-19-24(32-21-22-12-11-18-28-20-22)16-17-25(23)26(29)14-10-15-27(30)31-2/h9,11-13,16-20,26,29H,3-8,10,14-15,21H2,1-2H3/b13-9+. The predicted molar refractivity (Wildman–Crippen MR) is 128 cm³/mol. The molecule has 1 aromatic heterocycles. The number of allylic oxidation sites excluding steroid dienone is 1. The minimum absolute atomic E-state index is 0.250. The molecule has 5 nitrogen and oxygen atoms in total. The van der Waals surface area contributed by atoms with Crippen molar-refractivity contribution in [3.63, 3.8) is 0 Å². The summed E-state index contributed by atoms with van der Waals surface area (Å²) in [5.41, 5.74) is 2.81. The van der Waals surface area contributed by atoms with Crippen LogP contribution in [0, 0.1) is 0 Å². The van der Waals surface area contributed by atoms with E-state index in [0.29, 0.717) is 25.9 Å². The zero-order valence-electron chi connectivity index (χ0n) is 19.5. The van der Waals surface area contributed by atoms with Crippen molar-refractivity contribution >= 4 is 12.0 Å². The van der Waals surface area contributed by atoms with Crippen LogP contribution < -0.4 is 4.74 Å². The van der Waals surface area contributed by atoms with E-state index in [-0.39, 0.29) is 5.97 Å². The van der Waals surface area contributed by atoms with Crippen LogP contribution in [0.3, 0.4) is 0 Å². The molecule has 5 heteroatoms. The van der Waals surface area contributed by atoms with Crippen LogP contribution in [0.4, 0.5) is 0 Å². The Morgan fingerprint density at radius 3 is 2.75 bits per heavy atom. The molecule has 0 bridgehead atoms. The van der Waals surface area contributed by atoms with Gasteiger partial charge in [-0.15, -0.1) is 0 Å². The molecule has 1 atom stereocenters. The Morgan fingerprint density at radius 2 is 2.00 bits per heavy atom. The van der Waals surface area contributed by atoms with Crippen LogP contribution in [-0.2, 0) is 16.1 Å². The third-order valence-electron chi connectivity index (χ3n) is 5.40. The minimum atomic E-state index is -0.642. The van der Waals surface area contributed by atoms with Gasteiger partial charge in [0.05, 0.1) is 13.2 Å². The average Bonchev–Trinajstić information content (AvgIpc) is 2.82. The van der Waals surface area contributed by atoms with Crippen LogP contribution >= 0.6 is 0 Å². The molecular weight excluding hydrogens is 402 g/mol. The molecule has 2 rings (SSSR count). The fraction of sp³-hybridized carbons (Fsp3) is 0.481. The fourth-order valence-corrected chi connectivity index (χ4v) is 3.51. The molecule has 0 aliphatic heterocycles. The first-order valence-corrected chi connectivity index (χ1v) is 11.7. The maximum Gasteiger partial charge on any atom is 0.305 e. The first-order chi connectivity index (χ1) is 15.6. The Hall–Kier alpha value is -2.66. The summed E-state index contributed by atoms with van der Waals surface area (Å²) >= 11 is 0. The zero-order chi connectivity index (χ0) is 23.0. The summed E-state index contributed by atoms with van der Waals surface area (Å²) < 4.78 is 10.6. The van der Waals surface area contributed by atoms with Gasteiger partial charge in [-0.3, -0.25) is 9.78 Å². The van der Waals surface area contributed by atoms with Crippen LogP contribution in [0.15, 0.2) is 48.8 Å². The van der Waals surface area contributed by atoms with Gasteiger partial charge >= 0.3 is 5.97 Å². The van der Waals surface area contributed by atoms with Crippen molar-refractivity contribution in [2.24, 2.45) is 0 Å². The number of aliphatic hydroxyl groups excluding tert-OH is 1. The number of carbonyl (C=O) groups is 1. The van der Waals surface area contributed by atoms with Crippen molar-refractivity contribution in [3.8, 4) is 5.75 Å². The van der Waals surface area contributed by atoms with Gasteiger partial charge in [-0.05, 0) is 55.0 Å². The lowest BCUT2D eigenvalue weighted by atomic mass is 9.97. The maximum absolute atomic E-state index is 11.4. The van der Waals surface area contributed by atoms with Gasteiger partial charge in [-0.2, -0.15) is 0 Å². The number of carbonyl (C=O) groups excluding carboxylic acids is 1. The molecule has 0 spiro atoms. The van der Waals surface area contributed by atoms with Crippen LogP contribution in [-0.4, -0.2) is 23.2 Å². The summed E-state index contributed by atoms with van der Waals surface area (Å²) in [5, 5.41) is 10.8. The summed E-state index contributed by atoms with van der Waals surface area (Å²) in [6.07, 6.45) is 15.8. The van der Waals surface area contributed by atoms with Crippen molar-refractivity contribution < 1.29 is 19.4 Å². The highest BCUT2D eigenvalue weighted by Gasteiger charge is 2.13. The van der Waals surface area contributed by atoms with E-state index in [1.807, 2.05) is 30.3 Å². The molecule has 1 heterocycles. The predicted octanol–water partition coefficient (Wildman–Crippen LogP) is 6.41. The summed E-state index contributed by atoms with van der Waals surface area (Å²) in [5.74, 6) is 0.501.